The Balaban J connectivity index is 3.63. The normalized spacial score (nSPS) is 9.83. The third-order valence-electron chi connectivity index (χ3n) is 2.04. The fraction of sp³-hybridized carbons (Fsp3) is 0.300. The van der Waals surface area contributed by atoms with Gasteiger partial charge < -0.3 is 14.2 Å². The molecule has 0 saturated carbocycles. The Morgan fingerprint density at radius 2 is 1.61 bits per heavy atom. The maximum absolute atomic E-state index is 13.9. The molecule has 0 fully saturated rings. The van der Waals surface area contributed by atoms with E-state index in [1.54, 1.807) is 0 Å². The minimum Gasteiger partial charge on any atom is -0.479 e. The van der Waals surface area contributed by atoms with Crippen LogP contribution in [0.15, 0.2) is 0 Å². The summed E-state index contributed by atoms with van der Waals surface area (Å²) in [6, 6.07) is 0. The number of hydrogen-bond acceptors (Lipinski definition) is 6. The summed E-state index contributed by atoms with van der Waals surface area (Å²) in [7, 11) is 3.23. The van der Waals surface area contributed by atoms with Gasteiger partial charge in [-0.15, -0.1) is 0 Å². The van der Waals surface area contributed by atoms with Crippen LogP contribution in [0.25, 0.3) is 0 Å². The van der Waals surface area contributed by atoms with Crippen LogP contribution >= 0.6 is 11.6 Å². The number of pyridine rings is 1. The molecule has 0 aliphatic rings. The van der Waals surface area contributed by atoms with Gasteiger partial charge in [0.05, 0.1) is 21.3 Å². The molecule has 6 nitrogen and oxygen atoms in total. The zero-order valence-corrected chi connectivity index (χ0v) is 10.5. The molecule has 1 heterocycles. The summed E-state index contributed by atoms with van der Waals surface area (Å²) >= 11 is 5.69. The minimum absolute atomic E-state index is 0.416. The largest absolute Gasteiger partial charge is 0.479 e. The van der Waals surface area contributed by atoms with Crippen LogP contribution in [0, 0.1) is 5.82 Å². The number of carbonyl (C=O) groups is 2. The maximum atomic E-state index is 13.9. The van der Waals surface area contributed by atoms with Crippen molar-refractivity contribution < 1.29 is 28.2 Å². The van der Waals surface area contributed by atoms with E-state index in [4.69, 9.17) is 11.6 Å². The molecule has 0 unspecified atom stereocenters. The fourth-order valence-corrected chi connectivity index (χ4v) is 1.48. The Bertz CT molecular complexity index is 506. The number of nitrogens with zero attached hydrogens (tertiary/aromatic N) is 1. The van der Waals surface area contributed by atoms with Gasteiger partial charge in [0.1, 0.15) is 16.3 Å². The first-order valence-electron chi connectivity index (χ1n) is 4.57. The molecule has 0 atom stereocenters. The number of methoxy groups -OCH3 is 3. The average molecular weight is 278 g/mol. The summed E-state index contributed by atoms with van der Waals surface area (Å²) in [4.78, 5) is 26.4. The summed E-state index contributed by atoms with van der Waals surface area (Å²) in [6.07, 6.45) is 0. The highest BCUT2D eigenvalue weighted by atomic mass is 35.5. The van der Waals surface area contributed by atoms with E-state index in [-0.39, 0.29) is 0 Å². The Kier molecular flexibility index (Phi) is 4.43. The second kappa shape index (κ2) is 5.63. The maximum Gasteiger partial charge on any atom is 0.342 e. The Labute approximate surface area is 107 Å². The SMILES string of the molecule is COC(=O)c1c(Cl)nc(OC)c(F)c1C(=O)OC. The lowest BCUT2D eigenvalue weighted by atomic mass is 10.1. The van der Waals surface area contributed by atoms with Gasteiger partial charge in [0.25, 0.3) is 5.88 Å². The molecule has 0 amide bonds. The molecule has 0 radical (unpaired) electrons. The predicted octanol–water partition coefficient (Wildman–Crippen LogP) is 1.46. The van der Waals surface area contributed by atoms with E-state index in [1.165, 1.54) is 0 Å². The molecular formula is C10H9ClFNO5. The van der Waals surface area contributed by atoms with Crippen LogP contribution in [-0.4, -0.2) is 38.3 Å². The Morgan fingerprint density at radius 3 is 2.06 bits per heavy atom. The van der Waals surface area contributed by atoms with Crippen molar-refractivity contribution in [3.63, 3.8) is 0 Å². The van der Waals surface area contributed by atoms with E-state index in [1.807, 2.05) is 0 Å². The lowest BCUT2D eigenvalue weighted by Crippen LogP contribution is -2.16. The Hall–Kier alpha value is -1.89. The van der Waals surface area contributed by atoms with Gasteiger partial charge in [-0.25, -0.2) is 14.0 Å². The topological polar surface area (TPSA) is 74.7 Å². The first-order valence-corrected chi connectivity index (χ1v) is 4.95. The number of carbonyl (C=O) groups excluding carboxylic acids is 2. The minimum atomic E-state index is -1.14. The van der Waals surface area contributed by atoms with Gasteiger partial charge in [0, 0.05) is 0 Å². The first kappa shape index (κ1) is 14.2. The molecule has 0 saturated heterocycles. The quantitative estimate of drug-likeness (QED) is 0.615. The zero-order valence-electron chi connectivity index (χ0n) is 9.74. The molecular weight excluding hydrogens is 269 g/mol. The van der Waals surface area contributed by atoms with Crippen LogP contribution in [-0.2, 0) is 9.47 Å². The van der Waals surface area contributed by atoms with Crippen LogP contribution in [0.3, 0.4) is 0 Å². The molecule has 1 aromatic rings. The van der Waals surface area contributed by atoms with Crippen LogP contribution < -0.4 is 4.74 Å². The summed E-state index contributed by atoms with van der Waals surface area (Å²) in [5.74, 6) is -3.76. The molecule has 98 valence electrons. The highest BCUT2D eigenvalue weighted by Crippen LogP contribution is 2.28. The lowest BCUT2D eigenvalue weighted by Gasteiger charge is -2.11. The van der Waals surface area contributed by atoms with E-state index >= 15 is 0 Å². The molecule has 0 N–H and O–H groups in total. The smallest absolute Gasteiger partial charge is 0.342 e. The predicted molar refractivity (Wildman–Crippen MR) is 58.4 cm³/mol. The second-order valence-corrected chi connectivity index (χ2v) is 3.32. The van der Waals surface area contributed by atoms with Crippen molar-refractivity contribution in [1.29, 1.82) is 0 Å². The van der Waals surface area contributed by atoms with Crippen LogP contribution in [0.5, 0.6) is 5.88 Å². The number of hydrogen-bond donors (Lipinski definition) is 0. The summed E-state index contributed by atoms with van der Waals surface area (Å²) < 4.78 is 27.3. The molecule has 0 spiro atoms. The van der Waals surface area contributed by atoms with E-state index in [0.29, 0.717) is 0 Å². The summed E-state index contributed by atoms with van der Waals surface area (Å²) in [5.41, 5.74) is -1.19. The number of halogens is 2. The van der Waals surface area contributed by atoms with Gasteiger partial charge in [-0.05, 0) is 0 Å². The van der Waals surface area contributed by atoms with Gasteiger partial charge in [-0.2, -0.15) is 4.98 Å². The molecule has 0 aliphatic carbocycles. The molecule has 18 heavy (non-hydrogen) atoms. The Morgan fingerprint density at radius 1 is 1.11 bits per heavy atom. The van der Waals surface area contributed by atoms with E-state index < -0.39 is 39.9 Å². The van der Waals surface area contributed by atoms with Crippen molar-refractivity contribution in [1.82, 2.24) is 4.98 Å². The van der Waals surface area contributed by atoms with Gasteiger partial charge in [0.15, 0.2) is 0 Å². The third kappa shape index (κ3) is 2.35. The van der Waals surface area contributed by atoms with Crippen LogP contribution in [0.2, 0.25) is 5.15 Å². The van der Waals surface area contributed by atoms with E-state index in [9.17, 15) is 14.0 Å². The van der Waals surface area contributed by atoms with Gasteiger partial charge in [-0.1, -0.05) is 11.6 Å². The highest BCUT2D eigenvalue weighted by molar-refractivity contribution is 6.33. The summed E-state index contributed by atoms with van der Waals surface area (Å²) in [6.45, 7) is 0. The molecule has 0 aromatic carbocycles. The first-order chi connectivity index (χ1) is 8.47. The molecule has 0 aliphatic heterocycles. The van der Waals surface area contributed by atoms with Crippen LogP contribution in [0.4, 0.5) is 4.39 Å². The highest BCUT2D eigenvalue weighted by Gasteiger charge is 2.30. The number of esters is 2. The van der Waals surface area contributed by atoms with Crippen LogP contribution in [0.1, 0.15) is 20.7 Å². The average Bonchev–Trinajstić information content (AvgIpc) is 2.38. The standard InChI is InChI=1S/C10H9ClFNO5/c1-16-8-6(12)4(9(14)17-2)5(7(11)13-8)10(15)18-3/h1-3H3. The molecule has 0 bridgehead atoms. The van der Waals surface area contributed by atoms with E-state index in [2.05, 4.69) is 19.2 Å². The van der Waals surface area contributed by atoms with Crippen molar-refractivity contribution in [3.05, 3.63) is 22.1 Å². The van der Waals surface area contributed by atoms with E-state index in [0.717, 1.165) is 21.3 Å². The third-order valence-corrected chi connectivity index (χ3v) is 2.31. The fourth-order valence-electron chi connectivity index (χ4n) is 1.23. The molecule has 1 rings (SSSR count). The van der Waals surface area contributed by atoms with Gasteiger partial charge in [-0.3, -0.25) is 0 Å². The second-order valence-electron chi connectivity index (χ2n) is 2.96. The van der Waals surface area contributed by atoms with Crippen molar-refractivity contribution >= 4 is 23.5 Å². The lowest BCUT2D eigenvalue weighted by molar-refractivity contribution is 0.0549. The number of ether oxygens (including phenoxy) is 3. The summed E-state index contributed by atoms with van der Waals surface area (Å²) in [5, 5.41) is -0.416. The van der Waals surface area contributed by atoms with Crippen molar-refractivity contribution in [2.45, 2.75) is 0 Å². The van der Waals surface area contributed by atoms with Gasteiger partial charge in [0.2, 0.25) is 5.82 Å². The molecule has 1 aromatic heterocycles. The monoisotopic (exact) mass is 277 g/mol. The van der Waals surface area contributed by atoms with Gasteiger partial charge >= 0.3 is 11.9 Å². The number of rotatable bonds is 3. The van der Waals surface area contributed by atoms with Crippen molar-refractivity contribution in [3.8, 4) is 5.88 Å². The van der Waals surface area contributed by atoms with Crippen molar-refractivity contribution in [2.24, 2.45) is 0 Å². The van der Waals surface area contributed by atoms with Crippen molar-refractivity contribution in [2.75, 3.05) is 21.3 Å². The number of aromatic nitrogens is 1. The molecule has 8 heteroatoms. The zero-order chi connectivity index (χ0) is 13.9.